The van der Waals surface area contributed by atoms with Crippen molar-refractivity contribution in [3.8, 4) is 0 Å². The van der Waals surface area contributed by atoms with E-state index >= 15 is 0 Å². The molecule has 0 aromatic rings. The number of rotatable bonds is 2. The average molecular weight is 209 g/mol. The molecule has 0 aromatic carbocycles. The van der Waals surface area contributed by atoms with E-state index in [9.17, 15) is 18.0 Å². The lowest BCUT2D eigenvalue weighted by Crippen LogP contribution is -2.47. The number of carbonyl (C=O) groups excluding carboxylic acids is 1. The zero-order valence-corrected chi connectivity index (χ0v) is 8.32. The molecule has 0 radical (unpaired) electrons. The molecule has 1 rings (SSSR count). The van der Waals surface area contributed by atoms with Gasteiger partial charge in [-0.05, 0) is 12.8 Å². The molecular formula is C9H14F3NO. The Morgan fingerprint density at radius 2 is 1.93 bits per heavy atom. The van der Waals surface area contributed by atoms with Crippen LogP contribution in [0.5, 0.6) is 0 Å². The van der Waals surface area contributed by atoms with Crippen LogP contribution in [0.25, 0.3) is 0 Å². The van der Waals surface area contributed by atoms with Crippen molar-refractivity contribution in [3.05, 3.63) is 0 Å². The van der Waals surface area contributed by atoms with E-state index in [1.165, 1.54) is 7.05 Å². The van der Waals surface area contributed by atoms with Crippen LogP contribution in [0.3, 0.4) is 0 Å². The lowest BCUT2D eigenvalue weighted by Gasteiger charge is -2.39. The number of amides is 1. The van der Waals surface area contributed by atoms with E-state index in [2.05, 4.69) is 0 Å². The number of hydrogen-bond donors (Lipinski definition) is 0. The highest BCUT2D eigenvalue weighted by Crippen LogP contribution is 2.41. The zero-order valence-electron chi connectivity index (χ0n) is 8.32. The summed E-state index contributed by atoms with van der Waals surface area (Å²) in [5.74, 6) is -0.388. The molecule has 0 spiro atoms. The molecular weight excluding hydrogens is 195 g/mol. The molecule has 1 aliphatic rings. The van der Waals surface area contributed by atoms with Crippen molar-refractivity contribution in [2.45, 2.75) is 32.4 Å². The SMILES string of the molecule is CN(CC(F)(F)F)C(=O)C1(C)CCC1. The van der Waals surface area contributed by atoms with Crippen LogP contribution >= 0.6 is 0 Å². The van der Waals surface area contributed by atoms with Gasteiger partial charge in [-0.3, -0.25) is 4.79 Å². The monoisotopic (exact) mass is 209 g/mol. The van der Waals surface area contributed by atoms with Crippen molar-refractivity contribution in [2.75, 3.05) is 13.6 Å². The van der Waals surface area contributed by atoms with Gasteiger partial charge in [-0.15, -0.1) is 0 Å². The van der Waals surface area contributed by atoms with E-state index < -0.39 is 18.1 Å². The maximum atomic E-state index is 12.0. The van der Waals surface area contributed by atoms with Crippen molar-refractivity contribution >= 4 is 5.91 Å². The summed E-state index contributed by atoms with van der Waals surface area (Å²) in [6.07, 6.45) is -1.96. The second-order valence-electron chi connectivity index (χ2n) is 4.19. The molecule has 1 aliphatic carbocycles. The Balaban J connectivity index is 2.52. The molecule has 1 fully saturated rings. The number of hydrogen-bond acceptors (Lipinski definition) is 1. The number of carbonyl (C=O) groups is 1. The maximum Gasteiger partial charge on any atom is 0.406 e. The summed E-state index contributed by atoms with van der Waals surface area (Å²) in [5.41, 5.74) is -0.542. The fourth-order valence-corrected chi connectivity index (χ4v) is 1.72. The van der Waals surface area contributed by atoms with Gasteiger partial charge in [-0.2, -0.15) is 13.2 Å². The Morgan fingerprint density at radius 1 is 1.43 bits per heavy atom. The third-order valence-electron chi connectivity index (χ3n) is 2.74. The Labute approximate surface area is 81.1 Å². The quantitative estimate of drug-likeness (QED) is 0.682. The smallest absolute Gasteiger partial charge is 0.336 e. The second-order valence-corrected chi connectivity index (χ2v) is 4.19. The molecule has 1 amide bonds. The van der Waals surface area contributed by atoms with E-state index in [4.69, 9.17) is 0 Å². The van der Waals surface area contributed by atoms with Crippen molar-refractivity contribution in [1.82, 2.24) is 4.90 Å². The van der Waals surface area contributed by atoms with Crippen molar-refractivity contribution in [1.29, 1.82) is 0 Å². The highest BCUT2D eigenvalue weighted by Gasteiger charge is 2.43. The highest BCUT2D eigenvalue weighted by molar-refractivity contribution is 5.83. The van der Waals surface area contributed by atoms with Gasteiger partial charge in [-0.25, -0.2) is 0 Å². The fourth-order valence-electron chi connectivity index (χ4n) is 1.72. The molecule has 0 unspecified atom stereocenters. The second kappa shape index (κ2) is 3.44. The molecule has 82 valence electrons. The first-order valence-electron chi connectivity index (χ1n) is 4.57. The molecule has 0 N–H and O–H groups in total. The van der Waals surface area contributed by atoms with E-state index in [1.807, 2.05) is 0 Å². The average Bonchev–Trinajstić information content (AvgIpc) is 1.95. The molecule has 0 saturated heterocycles. The van der Waals surface area contributed by atoms with E-state index in [-0.39, 0.29) is 5.91 Å². The van der Waals surface area contributed by atoms with Gasteiger partial charge in [0, 0.05) is 12.5 Å². The molecule has 1 saturated carbocycles. The minimum atomic E-state index is -4.30. The van der Waals surface area contributed by atoms with Crippen LogP contribution in [0, 0.1) is 5.41 Å². The molecule has 0 atom stereocenters. The predicted octanol–water partition coefficient (Wildman–Crippen LogP) is 2.20. The summed E-state index contributed by atoms with van der Waals surface area (Å²) in [7, 11) is 1.21. The molecule has 14 heavy (non-hydrogen) atoms. The molecule has 0 aliphatic heterocycles. The summed E-state index contributed by atoms with van der Waals surface area (Å²) >= 11 is 0. The first-order valence-corrected chi connectivity index (χ1v) is 4.57. The maximum absolute atomic E-state index is 12.0. The first-order chi connectivity index (χ1) is 6.25. The van der Waals surface area contributed by atoms with E-state index in [0.717, 1.165) is 11.3 Å². The summed E-state index contributed by atoms with van der Waals surface area (Å²) in [4.78, 5) is 12.3. The molecule has 2 nitrogen and oxygen atoms in total. The Morgan fingerprint density at radius 3 is 2.21 bits per heavy atom. The molecule has 0 bridgehead atoms. The van der Waals surface area contributed by atoms with Crippen LogP contribution in [-0.4, -0.2) is 30.6 Å². The highest BCUT2D eigenvalue weighted by atomic mass is 19.4. The third kappa shape index (κ3) is 2.39. The van der Waals surface area contributed by atoms with Crippen LogP contribution in [0.2, 0.25) is 0 Å². The number of alkyl halides is 3. The fraction of sp³-hybridized carbons (Fsp3) is 0.889. The Hall–Kier alpha value is -0.740. The molecule has 0 heterocycles. The minimum Gasteiger partial charge on any atom is -0.336 e. The van der Waals surface area contributed by atoms with Crippen LogP contribution < -0.4 is 0 Å². The van der Waals surface area contributed by atoms with Crippen LogP contribution in [-0.2, 0) is 4.79 Å². The lowest BCUT2D eigenvalue weighted by atomic mass is 9.69. The zero-order chi connectivity index (χ0) is 11.0. The van der Waals surface area contributed by atoms with Crippen molar-refractivity contribution in [2.24, 2.45) is 5.41 Å². The number of halogens is 3. The van der Waals surface area contributed by atoms with Gasteiger partial charge < -0.3 is 4.90 Å². The summed E-state index contributed by atoms with van der Waals surface area (Å²) < 4.78 is 35.9. The largest absolute Gasteiger partial charge is 0.406 e. The van der Waals surface area contributed by atoms with Crippen LogP contribution in [0.15, 0.2) is 0 Å². The van der Waals surface area contributed by atoms with E-state index in [0.29, 0.717) is 12.8 Å². The van der Waals surface area contributed by atoms with Crippen LogP contribution in [0.1, 0.15) is 26.2 Å². The minimum absolute atomic E-state index is 0.388. The summed E-state index contributed by atoms with van der Waals surface area (Å²) in [5, 5.41) is 0. The lowest BCUT2D eigenvalue weighted by molar-refractivity contribution is -0.167. The van der Waals surface area contributed by atoms with Gasteiger partial charge in [0.2, 0.25) is 5.91 Å². The topological polar surface area (TPSA) is 20.3 Å². The third-order valence-corrected chi connectivity index (χ3v) is 2.74. The summed E-state index contributed by atoms with van der Waals surface area (Å²) in [6.45, 7) is 0.577. The Kier molecular flexibility index (Phi) is 2.78. The normalized spacial score (nSPS) is 20.1. The van der Waals surface area contributed by atoms with Gasteiger partial charge in [-0.1, -0.05) is 13.3 Å². The first kappa shape index (κ1) is 11.3. The molecule has 0 aromatic heterocycles. The summed E-state index contributed by atoms with van der Waals surface area (Å²) in [6, 6.07) is 0. The van der Waals surface area contributed by atoms with Crippen molar-refractivity contribution < 1.29 is 18.0 Å². The van der Waals surface area contributed by atoms with Gasteiger partial charge in [0.1, 0.15) is 6.54 Å². The van der Waals surface area contributed by atoms with Gasteiger partial charge in [0.15, 0.2) is 0 Å². The Bertz CT molecular complexity index is 233. The van der Waals surface area contributed by atoms with E-state index in [1.54, 1.807) is 6.92 Å². The van der Waals surface area contributed by atoms with Crippen LogP contribution in [0.4, 0.5) is 13.2 Å². The van der Waals surface area contributed by atoms with Crippen molar-refractivity contribution in [3.63, 3.8) is 0 Å². The standard InChI is InChI=1S/C9H14F3NO/c1-8(4-3-5-8)7(14)13(2)6-9(10,11)12/h3-6H2,1-2H3. The predicted molar refractivity (Wildman–Crippen MR) is 45.7 cm³/mol. The molecule has 5 heteroatoms. The number of nitrogens with zero attached hydrogens (tertiary/aromatic N) is 1. The van der Waals surface area contributed by atoms with Gasteiger partial charge >= 0.3 is 6.18 Å². The van der Waals surface area contributed by atoms with Gasteiger partial charge in [0.05, 0.1) is 0 Å². The van der Waals surface area contributed by atoms with Gasteiger partial charge in [0.25, 0.3) is 0 Å².